The fourth-order valence-electron chi connectivity index (χ4n) is 3.00. The number of hydrogen-bond acceptors (Lipinski definition) is 4. The van der Waals surface area contributed by atoms with Gasteiger partial charge in [-0.15, -0.1) is 0 Å². The summed E-state index contributed by atoms with van der Waals surface area (Å²) in [7, 11) is 1.75. The molecule has 1 atom stereocenters. The van der Waals surface area contributed by atoms with Crippen LogP contribution in [0.2, 0.25) is 0 Å². The lowest BCUT2D eigenvalue weighted by atomic mass is 10.1. The van der Waals surface area contributed by atoms with Crippen molar-refractivity contribution in [3.8, 4) is 0 Å². The lowest BCUT2D eigenvalue weighted by Crippen LogP contribution is -2.35. The van der Waals surface area contributed by atoms with Crippen LogP contribution in [0.15, 0.2) is 54.6 Å². The van der Waals surface area contributed by atoms with Gasteiger partial charge in [-0.05, 0) is 43.2 Å². The summed E-state index contributed by atoms with van der Waals surface area (Å²) in [6, 6.07) is 16.6. The molecule has 3 rings (SSSR count). The minimum absolute atomic E-state index is 0.0939. The van der Waals surface area contributed by atoms with E-state index in [0.717, 1.165) is 30.8 Å². The van der Waals surface area contributed by atoms with E-state index in [1.165, 1.54) is 0 Å². The normalized spacial score (nSPS) is 16.0. The summed E-state index contributed by atoms with van der Waals surface area (Å²) in [6.45, 7) is 1.47. The van der Waals surface area contributed by atoms with Gasteiger partial charge in [0.2, 0.25) is 5.91 Å². The maximum atomic E-state index is 12.7. The van der Waals surface area contributed by atoms with Crippen LogP contribution < -0.4 is 15.5 Å². The largest absolute Gasteiger partial charge is 0.376 e. The van der Waals surface area contributed by atoms with E-state index in [0.29, 0.717) is 12.1 Å². The Labute approximate surface area is 159 Å². The predicted molar refractivity (Wildman–Crippen MR) is 106 cm³/mol. The Hall–Kier alpha value is -2.86. The Morgan fingerprint density at radius 2 is 1.96 bits per heavy atom. The number of ether oxygens (including phenoxy) is 1. The van der Waals surface area contributed by atoms with E-state index in [4.69, 9.17) is 4.74 Å². The number of nitrogens with one attached hydrogen (secondary N) is 2. The molecule has 2 N–H and O–H groups in total. The molecule has 0 aromatic heterocycles. The number of para-hydroxylation sites is 1. The molecule has 1 heterocycles. The third-order valence-electron chi connectivity index (χ3n) is 4.56. The lowest BCUT2D eigenvalue weighted by Gasteiger charge is -2.18. The van der Waals surface area contributed by atoms with Gasteiger partial charge in [-0.3, -0.25) is 9.59 Å². The molecule has 1 unspecified atom stereocenters. The van der Waals surface area contributed by atoms with Crippen LogP contribution in [-0.2, 0) is 9.53 Å². The van der Waals surface area contributed by atoms with Crippen molar-refractivity contribution in [2.45, 2.75) is 18.9 Å². The summed E-state index contributed by atoms with van der Waals surface area (Å²) in [5.74, 6) is -0.198. The van der Waals surface area contributed by atoms with Gasteiger partial charge in [0.1, 0.15) is 0 Å². The summed E-state index contributed by atoms with van der Waals surface area (Å²) >= 11 is 0. The molecule has 1 saturated heterocycles. The van der Waals surface area contributed by atoms with Crippen molar-refractivity contribution >= 4 is 23.2 Å². The van der Waals surface area contributed by atoms with Gasteiger partial charge in [0.15, 0.2) is 0 Å². The molecule has 6 nitrogen and oxygen atoms in total. The molecule has 0 spiro atoms. The van der Waals surface area contributed by atoms with E-state index in [2.05, 4.69) is 10.6 Å². The summed E-state index contributed by atoms with van der Waals surface area (Å²) in [5, 5.41) is 5.94. The van der Waals surface area contributed by atoms with Gasteiger partial charge < -0.3 is 20.3 Å². The van der Waals surface area contributed by atoms with Crippen molar-refractivity contribution in [3.05, 3.63) is 60.2 Å². The molecule has 27 heavy (non-hydrogen) atoms. The molecule has 142 valence electrons. The number of nitrogens with zero attached hydrogens (tertiary/aromatic N) is 1. The average molecular weight is 367 g/mol. The minimum atomic E-state index is -0.104. The van der Waals surface area contributed by atoms with Crippen molar-refractivity contribution in [1.82, 2.24) is 5.32 Å². The highest BCUT2D eigenvalue weighted by Gasteiger charge is 2.16. The van der Waals surface area contributed by atoms with Gasteiger partial charge >= 0.3 is 0 Å². The Morgan fingerprint density at radius 1 is 1.15 bits per heavy atom. The molecular formula is C21H25N3O3. The monoisotopic (exact) mass is 367 g/mol. The fraction of sp³-hybridized carbons (Fsp3) is 0.333. The first-order chi connectivity index (χ1) is 13.1. The zero-order chi connectivity index (χ0) is 19.1. The van der Waals surface area contributed by atoms with Crippen molar-refractivity contribution in [3.63, 3.8) is 0 Å². The van der Waals surface area contributed by atoms with Crippen molar-refractivity contribution < 1.29 is 14.3 Å². The summed E-state index contributed by atoms with van der Waals surface area (Å²) in [5.41, 5.74) is 2.12. The SMILES string of the molecule is CN(C(=O)c1cccc(NCC(=O)NCC2CCCO2)c1)c1ccccc1. The molecule has 2 aromatic rings. The van der Waals surface area contributed by atoms with Crippen LogP contribution >= 0.6 is 0 Å². The molecule has 2 amide bonds. The number of hydrogen-bond donors (Lipinski definition) is 2. The maximum absolute atomic E-state index is 12.7. The van der Waals surface area contributed by atoms with E-state index in [1.807, 2.05) is 36.4 Å². The first-order valence-corrected chi connectivity index (χ1v) is 9.19. The Bertz CT molecular complexity index is 773. The molecule has 0 radical (unpaired) electrons. The van der Waals surface area contributed by atoms with Crippen molar-refractivity contribution in [2.24, 2.45) is 0 Å². The van der Waals surface area contributed by atoms with Gasteiger partial charge in [0.05, 0.1) is 12.6 Å². The summed E-state index contributed by atoms with van der Waals surface area (Å²) < 4.78 is 5.49. The van der Waals surface area contributed by atoms with E-state index in [-0.39, 0.29) is 24.5 Å². The molecule has 0 bridgehead atoms. The number of benzene rings is 2. The van der Waals surface area contributed by atoms with E-state index >= 15 is 0 Å². The highest BCUT2D eigenvalue weighted by molar-refractivity contribution is 6.06. The highest BCUT2D eigenvalue weighted by atomic mass is 16.5. The van der Waals surface area contributed by atoms with Crippen LogP contribution in [-0.4, -0.2) is 44.7 Å². The number of carbonyl (C=O) groups is 2. The van der Waals surface area contributed by atoms with Crippen LogP contribution in [0.25, 0.3) is 0 Å². The smallest absolute Gasteiger partial charge is 0.258 e. The van der Waals surface area contributed by atoms with E-state index < -0.39 is 0 Å². The average Bonchev–Trinajstić information content (AvgIpc) is 3.24. The summed E-state index contributed by atoms with van der Waals surface area (Å²) in [6.07, 6.45) is 2.17. The Morgan fingerprint density at radius 3 is 2.70 bits per heavy atom. The molecule has 0 aliphatic carbocycles. The zero-order valence-corrected chi connectivity index (χ0v) is 15.5. The number of carbonyl (C=O) groups excluding carboxylic acids is 2. The molecule has 1 aliphatic rings. The highest BCUT2D eigenvalue weighted by Crippen LogP contribution is 2.17. The molecule has 0 saturated carbocycles. The fourth-order valence-corrected chi connectivity index (χ4v) is 3.00. The molecular weight excluding hydrogens is 342 g/mol. The van der Waals surface area contributed by atoms with Gasteiger partial charge in [-0.25, -0.2) is 0 Å². The number of anilines is 2. The van der Waals surface area contributed by atoms with Crippen LogP contribution in [0.3, 0.4) is 0 Å². The van der Waals surface area contributed by atoms with Crippen LogP contribution in [0.4, 0.5) is 11.4 Å². The van der Waals surface area contributed by atoms with Crippen LogP contribution in [0.1, 0.15) is 23.2 Å². The van der Waals surface area contributed by atoms with Crippen molar-refractivity contribution in [2.75, 3.05) is 37.0 Å². The molecule has 1 aliphatic heterocycles. The molecule has 2 aromatic carbocycles. The third kappa shape index (κ3) is 5.31. The van der Waals surface area contributed by atoms with Crippen LogP contribution in [0, 0.1) is 0 Å². The first kappa shape index (κ1) is 18.9. The van der Waals surface area contributed by atoms with Gasteiger partial charge in [-0.2, -0.15) is 0 Å². The standard InChI is InChI=1S/C21H25N3O3/c1-24(18-9-3-2-4-10-18)21(26)16-7-5-8-17(13-16)22-15-20(25)23-14-19-11-6-12-27-19/h2-5,7-10,13,19,22H,6,11-12,14-15H2,1H3,(H,23,25). The Balaban J connectivity index is 1.53. The molecule has 1 fully saturated rings. The van der Waals surface area contributed by atoms with Gasteiger partial charge in [0, 0.05) is 37.1 Å². The van der Waals surface area contributed by atoms with Gasteiger partial charge in [0.25, 0.3) is 5.91 Å². The summed E-state index contributed by atoms with van der Waals surface area (Å²) in [4.78, 5) is 26.3. The predicted octanol–water partition coefficient (Wildman–Crippen LogP) is 2.67. The number of rotatable bonds is 7. The number of amides is 2. The maximum Gasteiger partial charge on any atom is 0.258 e. The quantitative estimate of drug-likeness (QED) is 0.789. The van der Waals surface area contributed by atoms with E-state index in [1.54, 1.807) is 30.1 Å². The minimum Gasteiger partial charge on any atom is -0.376 e. The second kappa shape index (κ2) is 9.19. The Kier molecular flexibility index (Phi) is 6.44. The van der Waals surface area contributed by atoms with E-state index in [9.17, 15) is 9.59 Å². The first-order valence-electron chi connectivity index (χ1n) is 9.19. The zero-order valence-electron chi connectivity index (χ0n) is 15.5. The lowest BCUT2D eigenvalue weighted by molar-refractivity contribution is -0.119. The second-order valence-electron chi connectivity index (χ2n) is 6.57. The molecule has 6 heteroatoms. The second-order valence-corrected chi connectivity index (χ2v) is 6.57. The van der Waals surface area contributed by atoms with Crippen LogP contribution in [0.5, 0.6) is 0 Å². The van der Waals surface area contributed by atoms with Crippen molar-refractivity contribution in [1.29, 1.82) is 0 Å². The third-order valence-corrected chi connectivity index (χ3v) is 4.56. The van der Waals surface area contributed by atoms with Gasteiger partial charge in [-0.1, -0.05) is 24.3 Å². The topological polar surface area (TPSA) is 70.7 Å².